The van der Waals surface area contributed by atoms with E-state index < -0.39 is 0 Å². The molecule has 0 N–H and O–H groups in total. The number of carbonyl (C=O) groups excluding carboxylic acids is 1. The molecule has 1 aliphatic heterocycles. The molecule has 31 heavy (non-hydrogen) atoms. The fraction of sp³-hybridized carbons (Fsp3) is 0.320. The second-order valence-corrected chi connectivity index (χ2v) is 7.97. The van der Waals surface area contributed by atoms with Crippen molar-refractivity contribution >= 4 is 11.9 Å². The molecule has 3 aromatic rings. The molecule has 0 saturated carbocycles. The lowest BCUT2D eigenvalue weighted by atomic mass is 9.93. The van der Waals surface area contributed by atoms with Gasteiger partial charge in [-0.05, 0) is 49.1 Å². The summed E-state index contributed by atoms with van der Waals surface area (Å²) in [6, 6.07) is 17.3. The molecule has 1 saturated heterocycles. The first kappa shape index (κ1) is 20.8. The SMILES string of the molecule is COc1ccc(-c2cnc(N(C)C)nc2[C@H]2CCCCN2C(=O)c2ccccc2)cc1. The van der Waals surface area contributed by atoms with Crippen molar-refractivity contribution in [1.29, 1.82) is 0 Å². The lowest BCUT2D eigenvalue weighted by molar-refractivity contribution is 0.0607. The van der Waals surface area contributed by atoms with Crippen LogP contribution in [0, 0.1) is 0 Å². The van der Waals surface area contributed by atoms with Gasteiger partial charge in [-0.15, -0.1) is 0 Å². The number of ether oxygens (including phenoxy) is 1. The highest BCUT2D eigenvalue weighted by atomic mass is 16.5. The van der Waals surface area contributed by atoms with Gasteiger partial charge >= 0.3 is 0 Å². The molecule has 1 aromatic heterocycles. The van der Waals surface area contributed by atoms with E-state index in [4.69, 9.17) is 9.72 Å². The quantitative estimate of drug-likeness (QED) is 0.609. The molecular weight excluding hydrogens is 388 g/mol. The Morgan fingerprint density at radius 1 is 1.06 bits per heavy atom. The van der Waals surface area contributed by atoms with Gasteiger partial charge in [0.25, 0.3) is 5.91 Å². The largest absolute Gasteiger partial charge is 0.497 e. The molecule has 6 heteroatoms. The molecule has 1 amide bonds. The van der Waals surface area contributed by atoms with Crippen molar-refractivity contribution in [3.63, 3.8) is 0 Å². The number of rotatable bonds is 5. The van der Waals surface area contributed by atoms with Crippen molar-refractivity contribution in [2.45, 2.75) is 25.3 Å². The molecule has 160 valence electrons. The number of amides is 1. The normalized spacial score (nSPS) is 16.1. The van der Waals surface area contributed by atoms with Gasteiger partial charge in [0.15, 0.2) is 0 Å². The molecule has 0 aliphatic carbocycles. The van der Waals surface area contributed by atoms with Gasteiger partial charge in [-0.25, -0.2) is 9.97 Å². The average molecular weight is 417 g/mol. The van der Waals surface area contributed by atoms with Crippen LogP contribution >= 0.6 is 0 Å². The van der Waals surface area contributed by atoms with Crippen LogP contribution in [0.5, 0.6) is 5.75 Å². The first-order valence-electron chi connectivity index (χ1n) is 10.6. The Balaban J connectivity index is 1.79. The van der Waals surface area contributed by atoms with E-state index in [1.165, 1.54) is 0 Å². The molecule has 2 aromatic carbocycles. The predicted molar refractivity (Wildman–Crippen MR) is 122 cm³/mol. The molecule has 4 rings (SSSR count). The highest BCUT2D eigenvalue weighted by molar-refractivity contribution is 5.94. The number of methoxy groups -OCH3 is 1. The summed E-state index contributed by atoms with van der Waals surface area (Å²) >= 11 is 0. The lowest BCUT2D eigenvalue weighted by Crippen LogP contribution is -2.39. The summed E-state index contributed by atoms with van der Waals surface area (Å²) in [4.78, 5) is 26.8. The number of anilines is 1. The van der Waals surface area contributed by atoms with Crippen LogP contribution in [0.25, 0.3) is 11.1 Å². The third-order valence-corrected chi connectivity index (χ3v) is 5.71. The number of aromatic nitrogens is 2. The van der Waals surface area contributed by atoms with Gasteiger partial charge in [0, 0.05) is 38.0 Å². The number of benzene rings is 2. The number of likely N-dealkylation sites (tertiary alicyclic amines) is 1. The highest BCUT2D eigenvalue weighted by Crippen LogP contribution is 2.37. The van der Waals surface area contributed by atoms with Crippen LogP contribution in [0.1, 0.15) is 41.4 Å². The highest BCUT2D eigenvalue weighted by Gasteiger charge is 2.32. The lowest BCUT2D eigenvalue weighted by Gasteiger charge is -2.36. The van der Waals surface area contributed by atoms with Crippen molar-refractivity contribution < 1.29 is 9.53 Å². The van der Waals surface area contributed by atoms with E-state index in [9.17, 15) is 4.79 Å². The maximum Gasteiger partial charge on any atom is 0.254 e. The summed E-state index contributed by atoms with van der Waals surface area (Å²) in [5, 5.41) is 0. The fourth-order valence-corrected chi connectivity index (χ4v) is 4.05. The maximum atomic E-state index is 13.4. The zero-order chi connectivity index (χ0) is 21.8. The van der Waals surface area contributed by atoms with Gasteiger partial charge in [-0.3, -0.25) is 4.79 Å². The van der Waals surface area contributed by atoms with Crippen LogP contribution in [0.2, 0.25) is 0 Å². The van der Waals surface area contributed by atoms with Gasteiger partial charge in [-0.1, -0.05) is 30.3 Å². The first-order valence-corrected chi connectivity index (χ1v) is 10.6. The third kappa shape index (κ3) is 4.38. The molecule has 1 fully saturated rings. The molecule has 1 atom stereocenters. The van der Waals surface area contributed by atoms with Crippen molar-refractivity contribution in [3.05, 3.63) is 72.1 Å². The second-order valence-electron chi connectivity index (χ2n) is 7.97. The molecule has 0 spiro atoms. The number of piperidine rings is 1. The summed E-state index contributed by atoms with van der Waals surface area (Å²) in [5.41, 5.74) is 3.57. The van der Waals surface area contributed by atoms with Crippen molar-refractivity contribution in [3.8, 4) is 16.9 Å². The fourth-order valence-electron chi connectivity index (χ4n) is 4.05. The molecule has 6 nitrogen and oxygen atoms in total. The Morgan fingerprint density at radius 2 is 1.81 bits per heavy atom. The van der Waals surface area contributed by atoms with Gasteiger partial charge < -0.3 is 14.5 Å². The van der Waals surface area contributed by atoms with E-state index in [-0.39, 0.29) is 11.9 Å². The van der Waals surface area contributed by atoms with Crippen LogP contribution in [-0.4, -0.2) is 48.5 Å². The Bertz CT molecular complexity index is 1040. The Morgan fingerprint density at radius 3 is 2.48 bits per heavy atom. The van der Waals surface area contributed by atoms with E-state index in [0.29, 0.717) is 11.5 Å². The monoisotopic (exact) mass is 416 g/mol. The standard InChI is InChI=1S/C25H28N4O2/c1-28(2)25-26-17-21(18-12-14-20(31-3)15-13-18)23(27-25)22-11-7-8-16-29(22)24(30)19-9-5-4-6-10-19/h4-6,9-10,12-15,17,22H,7-8,11,16H2,1-3H3/t22-/m1/s1. The summed E-state index contributed by atoms with van der Waals surface area (Å²) < 4.78 is 5.31. The molecule has 2 heterocycles. The van der Waals surface area contributed by atoms with Crippen LogP contribution in [0.3, 0.4) is 0 Å². The first-order chi connectivity index (χ1) is 15.1. The van der Waals surface area contributed by atoms with Crippen molar-refractivity contribution in [2.75, 3.05) is 32.6 Å². The zero-order valence-electron chi connectivity index (χ0n) is 18.3. The topological polar surface area (TPSA) is 58.6 Å². The van der Waals surface area contributed by atoms with Crippen LogP contribution in [0.4, 0.5) is 5.95 Å². The zero-order valence-corrected chi connectivity index (χ0v) is 18.3. The van der Waals surface area contributed by atoms with E-state index in [1.54, 1.807) is 7.11 Å². The Labute approximate surface area is 183 Å². The molecule has 0 radical (unpaired) electrons. The Hall–Kier alpha value is -3.41. The van der Waals surface area contributed by atoms with Crippen LogP contribution in [0.15, 0.2) is 60.8 Å². The molecule has 1 aliphatic rings. The van der Waals surface area contributed by atoms with E-state index in [2.05, 4.69) is 4.98 Å². The van der Waals surface area contributed by atoms with Gasteiger partial charge in [0.05, 0.1) is 18.8 Å². The number of nitrogens with zero attached hydrogens (tertiary/aromatic N) is 4. The molecular formula is C25H28N4O2. The number of hydrogen-bond donors (Lipinski definition) is 0. The van der Waals surface area contributed by atoms with Crippen LogP contribution in [-0.2, 0) is 0 Å². The van der Waals surface area contributed by atoms with Gasteiger partial charge in [-0.2, -0.15) is 0 Å². The maximum absolute atomic E-state index is 13.4. The molecule has 0 unspecified atom stereocenters. The van der Waals surface area contributed by atoms with Gasteiger partial charge in [0.2, 0.25) is 5.95 Å². The number of hydrogen-bond acceptors (Lipinski definition) is 5. The van der Waals surface area contributed by atoms with Crippen molar-refractivity contribution in [2.24, 2.45) is 0 Å². The summed E-state index contributed by atoms with van der Waals surface area (Å²) in [6.07, 6.45) is 4.82. The summed E-state index contributed by atoms with van der Waals surface area (Å²) in [5.74, 6) is 1.50. The smallest absolute Gasteiger partial charge is 0.254 e. The minimum atomic E-state index is -0.0970. The second kappa shape index (κ2) is 9.16. The minimum Gasteiger partial charge on any atom is -0.497 e. The molecule has 0 bridgehead atoms. The van der Waals surface area contributed by atoms with Gasteiger partial charge in [0.1, 0.15) is 5.75 Å². The minimum absolute atomic E-state index is 0.0518. The summed E-state index contributed by atoms with van der Waals surface area (Å²) in [7, 11) is 5.52. The van der Waals surface area contributed by atoms with E-state index in [0.717, 1.165) is 48.4 Å². The van der Waals surface area contributed by atoms with Crippen molar-refractivity contribution in [1.82, 2.24) is 14.9 Å². The number of carbonyl (C=O) groups is 1. The van der Waals surface area contributed by atoms with E-state index in [1.807, 2.05) is 84.7 Å². The van der Waals surface area contributed by atoms with E-state index >= 15 is 0 Å². The predicted octanol–water partition coefficient (Wildman–Crippen LogP) is 4.59. The average Bonchev–Trinajstić information content (AvgIpc) is 2.84. The summed E-state index contributed by atoms with van der Waals surface area (Å²) in [6.45, 7) is 0.724. The third-order valence-electron chi connectivity index (χ3n) is 5.71. The Kier molecular flexibility index (Phi) is 6.16. The van der Waals surface area contributed by atoms with Crippen LogP contribution < -0.4 is 9.64 Å².